The van der Waals surface area contributed by atoms with Crippen LogP contribution in [0.1, 0.15) is 45.6 Å². The van der Waals surface area contributed by atoms with E-state index in [0.717, 1.165) is 42.5 Å². The summed E-state index contributed by atoms with van der Waals surface area (Å²) in [5.41, 5.74) is 7.27. The molecule has 0 saturated carbocycles. The summed E-state index contributed by atoms with van der Waals surface area (Å²) in [5.74, 6) is -1.33. The molecule has 1 aliphatic carbocycles. The molecule has 0 aliphatic heterocycles. The van der Waals surface area contributed by atoms with E-state index in [0.29, 0.717) is 16.1 Å². The molecule has 1 heterocycles. The van der Waals surface area contributed by atoms with E-state index in [1.807, 2.05) is 0 Å². The first-order valence-corrected chi connectivity index (χ1v) is 9.06. The van der Waals surface area contributed by atoms with Crippen molar-refractivity contribution in [1.29, 1.82) is 0 Å². The predicted molar refractivity (Wildman–Crippen MR) is 98.2 cm³/mol. The van der Waals surface area contributed by atoms with E-state index in [1.54, 1.807) is 18.2 Å². The summed E-state index contributed by atoms with van der Waals surface area (Å²) in [7, 11) is 0. The Morgan fingerprint density at radius 1 is 1.16 bits per heavy atom. The number of rotatable bonds is 4. The Morgan fingerprint density at radius 2 is 1.92 bits per heavy atom. The van der Waals surface area contributed by atoms with E-state index >= 15 is 0 Å². The van der Waals surface area contributed by atoms with Crippen LogP contribution in [0.15, 0.2) is 30.3 Å². The van der Waals surface area contributed by atoms with Gasteiger partial charge in [0.15, 0.2) is 0 Å². The lowest BCUT2D eigenvalue weighted by Crippen LogP contribution is -2.17. The zero-order chi connectivity index (χ0) is 17.8. The molecule has 0 bridgehead atoms. The van der Waals surface area contributed by atoms with Gasteiger partial charge in [0.25, 0.3) is 5.91 Å². The Balaban J connectivity index is 1.81. The van der Waals surface area contributed by atoms with E-state index in [9.17, 15) is 14.0 Å². The normalized spacial score (nSPS) is 14.1. The molecule has 2 aromatic rings. The molecule has 1 aliphatic rings. The molecule has 6 heteroatoms. The first-order chi connectivity index (χ1) is 12.1. The summed E-state index contributed by atoms with van der Waals surface area (Å²) in [4.78, 5) is 25.2. The molecule has 1 aromatic heterocycles. The van der Waals surface area contributed by atoms with Gasteiger partial charge in [-0.15, -0.1) is 11.3 Å². The number of hydrogen-bond acceptors (Lipinski definition) is 3. The average Bonchev–Trinajstić information content (AvgIpc) is 2.75. The number of carbonyl (C=O) groups is 2. The van der Waals surface area contributed by atoms with Gasteiger partial charge in [0.2, 0.25) is 5.91 Å². The molecule has 2 amide bonds. The number of amides is 2. The molecule has 0 atom stereocenters. The van der Waals surface area contributed by atoms with E-state index in [2.05, 4.69) is 5.32 Å². The first kappa shape index (κ1) is 17.4. The zero-order valence-electron chi connectivity index (χ0n) is 13.7. The number of nitrogens with two attached hydrogens (primary N) is 1. The van der Waals surface area contributed by atoms with Gasteiger partial charge < -0.3 is 11.1 Å². The lowest BCUT2D eigenvalue weighted by atomic mass is 10.1. The van der Waals surface area contributed by atoms with Crippen LogP contribution >= 0.6 is 11.3 Å². The fraction of sp³-hybridized carbons (Fsp3) is 0.263. The van der Waals surface area contributed by atoms with Crippen molar-refractivity contribution in [2.45, 2.75) is 32.1 Å². The largest absolute Gasteiger partial charge is 0.365 e. The summed E-state index contributed by atoms with van der Waals surface area (Å²) < 4.78 is 13.6. The van der Waals surface area contributed by atoms with Crippen molar-refractivity contribution in [2.24, 2.45) is 5.73 Å². The topological polar surface area (TPSA) is 72.2 Å². The Labute approximate surface area is 149 Å². The van der Waals surface area contributed by atoms with E-state index in [1.165, 1.54) is 29.6 Å². The van der Waals surface area contributed by atoms with Gasteiger partial charge in [-0.05, 0) is 43.4 Å². The molecule has 0 unspecified atom stereocenters. The van der Waals surface area contributed by atoms with Crippen LogP contribution in [0.2, 0.25) is 0 Å². The van der Waals surface area contributed by atoms with Gasteiger partial charge in [-0.25, -0.2) is 4.39 Å². The van der Waals surface area contributed by atoms with Gasteiger partial charge in [0, 0.05) is 16.5 Å². The van der Waals surface area contributed by atoms with Crippen LogP contribution in [0, 0.1) is 5.82 Å². The van der Waals surface area contributed by atoms with Crippen LogP contribution in [0.25, 0.3) is 6.08 Å². The molecule has 130 valence electrons. The third kappa shape index (κ3) is 3.96. The molecule has 3 N–H and O–H groups in total. The van der Waals surface area contributed by atoms with E-state index in [4.69, 9.17) is 5.73 Å². The molecular formula is C19H19FN2O2S. The van der Waals surface area contributed by atoms with Crippen molar-refractivity contribution in [3.63, 3.8) is 0 Å². The standard InChI is InChI=1S/C19H19FN2O2S/c20-14-8-5-4-6-12(14)10-11-16(23)22-19-17(18(21)24)13-7-2-1-3-9-15(13)25-19/h4-6,8,10-11H,1-3,7,9H2,(H2,21,24)(H,22,23). The number of hydrogen-bond donors (Lipinski definition) is 2. The molecule has 0 saturated heterocycles. The number of fused-ring (bicyclic) bond motifs is 1. The van der Waals surface area contributed by atoms with E-state index < -0.39 is 17.6 Å². The summed E-state index contributed by atoms with van der Waals surface area (Å²) in [5, 5.41) is 3.22. The van der Waals surface area contributed by atoms with Crippen LogP contribution in [0.5, 0.6) is 0 Å². The number of nitrogens with one attached hydrogen (secondary N) is 1. The third-order valence-electron chi connectivity index (χ3n) is 4.22. The minimum atomic E-state index is -0.521. The predicted octanol–water partition coefficient (Wildman–Crippen LogP) is 3.91. The molecule has 0 radical (unpaired) electrons. The lowest BCUT2D eigenvalue weighted by molar-refractivity contribution is -0.111. The monoisotopic (exact) mass is 358 g/mol. The van der Waals surface area contributed by atoms with E-state index in [-0.39, 0.29) is 0 Å². The van der Waals surface area contributed by atoms with Crippen LogP contribution in [-0.2, 0) is 17.6 Å². The van der Waals surface area contributed by atoms with Crippen molar-refractivity contribution in [2.75, 3.05) is 5.32 Å². The second kappa shape index (κ2) is 7.61. The van der Waals surface area contributed by atoms with Crippen LogP contribution < -0.4 is 11.1 Å². The van der Waals surface area contributed by atoms with Gasteiger partial charge in [0.1, 0.15) is 10.8 Å². The van der Waals surface area contributed by atoms with Crippen LogP contribution in [0.4, 0.5) is 9.39 Å². The molecular weight excluding hydrogens is 339 g/mol. The average molecular weight is 358 g/mol. The maximum absolute atomic E-state index is 13.6. The molecule has 1 aromatic carbocycles. The number of primary amides is 1. The van der Waals surface area contributed by atoms with Crippen LogP contribution in [0.3, 0.4) is 0 Å². The minimum Gasteiger partial charge on any atom is -0.365 e. The first-order valence-electron chi connectivity index (χ1n) is 8.24. The second-order valence-corrected chi connectivity index (χ2v) is 7.08. The van der Waals surface area contributed by atoms with Crippen LogP contribution in [-0.4, -0.2) is 11.8 Å². The lowest BCUT2D eigenvalue weighted by Gasteiger charge is -2.04. The summed E-state index contributed by atoms with van der Waals surface area (Å²) >= 11 is 1.42. The fourth-order valence-electron chi connectivity index (χ4n) is 3.02. The highest BCUT2D eigenvalue weighted by molar-refractivity contribution is 7.17. The number of anilines is 1. The van der Waals surface area contributed by atoms with Crippen molar-refractivity contribution in [1.82, 2.24) is 0 Å². The Bertz CT molecular complexity index is 842. The van der Waals surface area contributed by atoms with Crippen molar-refractivity contribution >= 4 is 34.2 Å². The summed E-state index contributed by atoms with van der Waals surface area (Å²) in [6.45, 7) is 0. The van der Waals surface area contributed by atoms with Gasteiger partial charge >= 0.3 is 0 Å². The summed E-state index contributed by atoms with van der Waals surface area (Å²) in [6, 6.07) is 6.20. The molecule has 0 fully saturated rings. The van der Waals surface area contributed by atoms with Crippen molar-refractivity contribution < 1.29 is 14.0 Å². The minimum absolute atomic E-state index is 0.328. The Hall–Kier alpha value is -2.47. The Kier molecular flexibility index (Phi) is 5.28. The fourth-order valence-corrected chi connectivity index (χ4v) is 4.32. The maximum atomic E-state index is 13.6. The number of aryl methyl sites for hydroxylation is 1. The number of benzene rings is 1. The highest BCUT2D eigenvalue weighted by atomic mass is 32.1. The molecule has 3 rings (SSSR count). The molecule has 0 spiro atoms. The highest BCUT2D eigenvalue weighted by Gasteiger charge is 2.23. The third-order valence-corrected chi connectivity index (χ3v) is 5.43. The van der Waals surface area contributed by atoms with Gasteiger partial charge in [-0.3, -0.25) is 9.59 Å². The smallest absolute Gasteiger partial charge is 0.251 e. The van der Waals surface area contributed by atoms with Crippen molar-refractivity contribution in [3.05, 3.63) is 57.7 Å². The van der Waals surface area contributed by atoms with Gasteiger partial charge in [-0.1, -0.05) is 24.6 Å². The quantitative estimate of drug-likeness (QED) is 0.642. The molecule has 25 heavy (non-hydrogen) atoms. The SMILES string of the molecule is NC(=O)c1c(NC(=O)C=Cc2ccccc2F)sc2c1CCCCC2. The second-order valence-electron chi connectivity index (χ2n) is 5.98. The zero-order valence-corrected chi connectivity index (χ0v) is 14.5. The highest BCUT2D eigenvalue weighted by Crippen LogP contribution is 2.37. The number of carbonyl (C=O) groups excluding carboxylic acids is 2. The van der Waals surface area contributed by atoms with Gasteiger partial charge in [-0.2, -0.15) is 0 Å². The number of thiophene rings is 1. The number of halogens is 1. The van der Waals surface area contributed by atoms with Gasteiger partial charge in [0.05, 0.1) is 5.56 Å². The Morgan fingerprint density at radius 3 is 2.68 bits per heavy atom. The maximum Gasteiger partial charge on any atom is 0.251 e. The molecule has 4 nitrogen and oxygen atoms in total. The summed E-state index contributed by atoms with van der Waals surface area (Å²) in [6.07, 6.45) is 7.61. The van der Waals surface area contributed by atoms with Crippen molar-refractivity contribution in [3.8, 4) is 0 Å².